The number of aliphatic hydroxyl groups excluding tert-OH is 1. The van der Waals surface area contributed by atoms with E-state index < -0.39 is 5.60 Å². The molecule has 6 rings (SSSR count). The number of β-amino-alcohol motifs (C(OH)–C–C–N with tert-alkyl or cyclic N) is 1. The first-order chi connectivity index (χ1) is 22.6. The van der Waals surface area contributed by atoms with Crippen LogP contribution >= 0.6 is 23.2 Å². The van der Waals surface area contributed by atoms with Crippen molar-refractivity contribution in [2.24, 2.45) is 5.92 Å². The minimum absolute atomic E-state index is 0.0926. The lowest BCUT2D eigenvalue weighted by Crippen LogP contribution is -2.40. The van der Waals surface area contributed by atoms with Gasteiger partial charge in [0.15, 0.2) is 5.78 Å². The summed E-state index contributed by atoms with van der Waals surface area (Å²) in [5.41, 5.74) is 7.19. The maximum Gasteiger partial charge on any atom is 0.235 e. The second-order valence-corrected chi connectivity index (χ2v) is 13.8. The van der Waals surface area contributed by atoms with E-state index in [1.54, 1.807) is 13.3 Å². The number of ether oxygens (including phenoxy) is 1. The van der Waals surface area contributed by atoms with Crippen LogP contribution in [0.4, 0.5) is 0 Å². The van der Waals surface area contributed by atoms with Crippen LogP contribution in [0.15, 0.2) is 48.7 Å². The van der Waals surface area contributed by atoms with Gasteiger partial charge in [0.05, 0.1) is 46.9 Å². The Labute approximate surface area is 285 Å². The summed E-state index contributed by atoms with van der Waals surface area (Å²) < 4.78 is 5.61. The number of pyridine rings is 1. The number of hydrogen-bond acceptors (Lipinski definition) is 8. The minimum Gasteiger partial charge on any atom is -0.480 e. The fourth-order valence-corrected chi connectivity index (χ4v) is 7.61. The third kappa shape index (κ3) is 7.22. The molecule has 0 atom stereocenters. The van der Waals surface area contributed by atoms with Gasteiger partial charge in [-0.05, 0) is 74.6 Å². The molecule has 2 aromatic carbocycles. The minimum atomic E-state index is -0.549. The van der Waals surface area contributed by atoms with Crippen LogP contribution in [0.3, 0.4) is 0 Å². The Bertz CT molecular complexity index is 1800. The molecule has 4 aromatic rings. The van der Waals surface area contributed by atoms with Crippen molar-refractivity contribution in [3.8, 4) is 28.3 Å². The highest BCUT2D eigenvalue weighted by molar-refractivity contribution is 6.38. The number of hydrogen-bond donors (Lipinski definition) is 2. The summed E-state index contributed by atoms with van der Waals surface area (Å²) in [7, 11) is 1.59. The number of carbonyl (C=O) groups is 1. The van der Waals surface area contributed by atoms with Crippen molar-refractivity contribution in [3.05, 3.63) is 92.5 Å². The van der Waals surface area contributed by atoms with Crippen LogP contribution in [0, 0.1) is 12.8 Å². The van der Waals surface area contributed by atoms with Crippen LogP contribution in [0.25, 0.3) is 22.4 Å². The Morgan fingerprint density at radius 2 is 1.81 bits per heavy atom. The van der Waals surface area contributed by atoms with Crippen LogP contribution in [0.1, 0.15) is 64.8 Å². The lowest BCUT2D eigenvalue weighted by molar-refractivity contribution is -0.0591. The molecule has 0 spiro atoms. The standard InChI is InChI=1S/C37H40Cl2N4O4/c1-22-16-30(41-32-21-43(14-15-44)13-12-25(22)32)33(45)17-24-6-4-7-26(34(24)38)27-8-5-9-28(35(27)39)31-20-40-29(36(42-31)47-3)11-10-23-18-37(2,46)19-23/h4-9,16,20,23,44,46H,10-15,17-19,21H2,1-3H3. The molecule has 3 heterocycles. The van der Waals surface area contributed by atoms with E-state index in [-0.39, 0.29) is 18.8 Å². The molecule has 1 fully saturated rings. The van der Waals surface area contributed by atoms with Gasteiger partial charge in [0.2, 0.25) is 5.88 Å². The van der Waals surface area contributed by atoms with Crippen molar-refractivity contribution < 1.29 is 19.7 Å². The number of carbonyl (C=O) groups excluding carboxylic acids is 1. The maximum atomic E-state index is 13.5. The van der Waals surface area contributed by atoms with Gasteiger partial charge in [-0.3, -0.25) is 14.7 Å². The quantitative estimate of drug-likeness (QED) is 0.169. The van der Waals surface area contributed by atoms with Gasteiger partial charge in [0.25, 0.3) is 0 Å². The highest BCUT2D eigenvalue weighted by Gasteiger charge is 2.37. The molecule has 2 aromatic heterocycles. The van der Waals surface area contributed by atoms with Gasteiger partial charge in [0.1, 0.15) is 11.4 Å². The molecule has 1 aliphatic carbocycles. The number of benzene rings is 2. The summed E-state index contributed by atoms with van der Waals surface area (Å²) in [4.78, 5) is 29.9. The molecule has 0 unspecified atom stereocenters. The Morgan fingerprint density at radius 3 is 2.53 bits per heavy atom. The maximum absolute atomic E-state index is 13.5. The van der Waals surface area contributed by atoms with Crippen molar-refractivity contribution in [2.45, 2.75) is 64.5 Å². The third-order valence-corrected chi connectivity index (χ3v) is 10.3. The summed E-state index contributed by atoms with van der Waals surface area (Å²) in [6, 6.07) is 13.2. The SMILES string of the molecule is COc1nc(-c2cccc(-c3cccc(CC(=O)c4cc(C)c5c(n4)CN(CCO)CC5)c3Cl)c2Cl)cnc1CCC1CC(C)(O)C1. The lowest BCUT2D eigenvalue weighted by Gasteiger charge is -2.41. The Balaban J connectivity index is 1.22. The number of aliphatic hydroxyl groups is 2. The molecule has 0 saturated heterocycles. The molecule has 1 aliphatic heterocycles. The van der Waals surface area contributed by atoms with Crippen LogP contribution in [-0.2, 0) is 25.8 Å². The highest BCUT2D eigenvalue weighted by Crippen LogP contribution is 2.42. The fraction of sp³-hybridized carbons (Fsp3) is 0.405. The third-order valence-electron chi connectivity index (χ3n) is 9.43. The average Bonchev–Trinajstić information content (AvgIpc) is 3.04. The van der Waals surface area contributed by atoms with Crippen LogP contribution in [0.2, 0.25) is 10.0 Å². The molecule has 10 heteroatoms. The number of Topliss-reactive ketones (excluding diaryl/α,β-unsaturated/α-hetero) is 1. The summed E-state index contributed by atoms with van der Waals surface area (Å²) in [6.45, 7) is 6.07. The molecule has 0 bridgehead atoms. The van der Waals surface area contributed by atoms with Crippen molar-refractivity contribution in [2.75, 3.05) is 26.8 Å². The smallest absolute Gasteiger partial charge is 0.235 e. The van der Waals surface area contributed by atoms with E-state index in [9.17, 15) is 15.0 Å². The van der Waals surface area contributed by atoms with E-state index >= 15 is 0 Å². The number of aryl methyl sites for hydroxylation is 2. The van der Waals surface area contributed by atoms with Crippen molar-refractivity contribution in [1.29, 1.82) is 0 Å². The molecule has 246 valence electrons. The molecular weight excluding hydrogens is 635 g/mol. The normalized spacial score (nSPS) is 19.3. The van der Waals surface area contributed by atoms with E-state index in [0.717, 1.165) is 61.2 Å². The van der Waals surface area contributed by atoms with Crippen molar-refractivity contribution >= 4 is 29.0 Å². The molecule has 47 heavy (non-hydrogen) atoms. The van der Waals surface area contributed by atoms with E-state index in [4.69, 9.17) is 37.9 Å². The molecular formula is C37H40Cl2N4O4. The summed E-state index contributed by atoms with van der Waals surface area (Å²) in [6.07, 6.45) is 5.90. The predicted molar refractivity (Wildman–Crippen MR) is 184 cm³/mol. The van der Waals surface area contributed by atoms with Crippen LogP contribution in [-0.4, -0.2) is 68.3 Å². The summed E-state index contributed by atoms with van der Waals surface area (Å²) in [5.74, 6) is 0.819. The zero-order chi connectivity index (χ0) is 33.3. The highest BCUT2D eigenvalue weighted by atomic mass is 35.5. The molecule has 2 N–H and O–H groups in total. The van der Waals surface area contributed by atoms with Gasteiger partial charge in [-0.15, -0.1) is 0 Å². The summed E-state index contributed by atoms with van der Waals surface area (Å²) >= 11 is 14.0. The molecule has 0 radical (unpaired) electrons. The Morgan fingerprint density at radius 1 is 1.09 bits per heavy atom. The van der Waals surface area contributed by atoms with Gasteiger partial charge in [-0.1, -0.05) is 59.6 Å². The average molecular weight is 676 g/mol. The van der Waals surface area contributed by atoms with E-state index in [1.807, 2.05) is 56.3 Å². The zero-order valence-corrected chi connectivity index (χ0v) is 28.5. The second-order valence-electron chi connectivity index (χ2n) is 13.1. The molecule has 2 aliphatic rings. The number of aromatic nitrogens is 3. The van der Waals surface area contributed by atoms with E-state index in [2.05, 4.69) is 9.88 Å². The van der Waals surface area contributed by atoms with Crippen molar-refractivity contribution in [3.63, 3.8) is 0 Å². The molecule has 8 nitrogen and oxygen atoms in total. The number of halogens is 2. The zero-order valence-electron chi connectivity index (χ0n) is 27.0. The van der Waals surface area contributed by atoms with E-state index in [1.165, 1.54) is 5.56 Å². The first-order valence-electron chi connectivity index (χ1n) is 16.1. The van der Waals surface area contributed by atoms with E-state index in [0.29, 0.717) is 63.0 Å². The molecule has 0 amide bonds. The van der Waals surface area contributed by atoms with Crippen molar-refractivity contribution in [1.82, 2.24) is 19.9 Å². The van der Waals surface area contributed by atoms with Gasteiger partial charge < -0.3 is 14.9 Å². The topological polar surface area (TPSA) is 109 Å². The fourth-order valence-electron chi connectivity index (χ4n) is 6.99. The van der Waals surface area contributed by atoms with Crippen LogP contribution in [0.5, 0.6) is 5.88 Å². The number of rotatable bonds is 11. The predicted octanol–water partition coefficient (Wildman–Crippen LogP) is 6.70. The number of nitrogens with zero attached hydrogens (tertiary/aromatic N) is 4. The number of fused-ring (bicyclic) bond motifs is 1. The largest absolute Gasteiger partial charge is 0.480 e. The Hall–Kier alpha value is -3.40. The first kappa shape index (κ1) is 33.5. The number of methoxy groups -OCH3 is 1. The monoisotopic (exact) mass is 674 g/mol. The first-order valence-corrected chi connectivity index (χ1v) is 16.9. The van der Waals surface area contributed by atoms with Gasteiger partial charge in [-0.25, -0.2) is 9.97 Å². The lowest BCUT2D eigenvalue weighted by atomic mass is 9.70. The number of ketones is 1. The Kier molecular flexibility index (Phi) is 9.97. The summed E-state index contributed by atoms with van der Waals surface area (Å²) in [5, 5.41) is 20.4. The van der Waals surface area contributed by atoms with Gasteiger partial charge >= 0.3 is 0 Å². The second kappa shape index (κ2) is 14.0. The van der Waals surface area contributed by atoms with Gasteiger partial charge in [0, 0.05) is 42.7 Å². The molecule has 1 saturated carbocycles. The van der Waals surface area contributed by atoms with Crippen LogP contribution < -0.4 is 4.74 Å². The van der Waals surface area contributed by atoms with Gasteiger partial charge in [-0.2, -0.15) is 0 Å².